The van der Waals surface area contributed by atoms with Crippen molar-refractivity contribution in [2.45, 2.75) is 6.92 Å². The molecule has 0 fully saturated rings. The summed E-state index contributed by atoms with van der Waals surface area (Å²) in [7, 11) is 3.10. The SMILES string of the molecule is COc1cc(OC)c(/C=N/NC(=O)c2cccc(NC(=O)c3ccccc3C)c2)cc1Br. The van der Waals surface area contributed by atoms with E-state index >= 15 is 0 Å². The average molecular weight is 496 g/mol. The molecule has 0 unspecified atom stereocenters. The minimum absolute atomic E-state index is 0.240. The second kappa shape index (κ2) is 10.6. The second-order valence-corrected chi connectivity index (χ2v) is 7.63. The number of carbonyl (C=O) groups excluding carboxylic acids is 2. The van der Waals surface area contributed by atoms with Crippen LogP contribution >= 0.6 is 15.9 Å². The number of amides is 2. The number of hydrazone groups is 1. The molecule has 7 nitrogen and oxygen atoms in total. The lowest BCUT2D eigenvalue weighted by Crippen LogP contribution is -2.18. The molecule has 3 aromatic rings. The number of methoxy groups -OCH3 is 2. The van der Waals surface area contributed by atoms with E-state index in [4.69, 9.17) is 9.47 Å². The molecule has 0 saturated heterocycles. The van der Waals surface area contributed by atoms with E-state index in [2.05, 4.69) is 31.8 Å². The van der Waals surface area contributed by atoms with Crippen LogP contribution in [0.1, 0.15) is 31.8 Å². The first-order chi connectivity index (χ1) is 15.4. The normalized spacial score (nSPS) is 10.6. The summed E-state index contributed by atoms with van der Waals surface area (Å²) in [5.41, 5.74) is 5.45. The number of ether oxygens (including phenoxy) is 2. The number of anilines is 1. The zero-order chi connectivity index (χ0) is 23.1. The Balaban J connectivity index is 1.70. The highest BCUT2D eigenvalue weighted by atomic mass is 79.9. The minimum atomic E-state index is -0.417. The molecule has 0 bridgehead atoms. The maximum absolute atomic E-state index is 12.5. The van der Waals surface area contributed by atoms with Gasteiger partial charge in [0, 0.05) is 28.4 Å². The number of benzene rings is 3. The lowest BCUT2D eigenvalue weighted by atomic mass is 10.1. The first kappa shape index (κ1) is 23.0. The summed E-state index contributed by atoms with van der Waals surface area (Å²) in [5.74, 6) is 0.507. The number of nitrogens with zero attached hydrogens (tertiary/aromatic N) is 1. The predicted molar refractivity (Wildman–Crippen MR) is 128 cm³/mol. The molecular weight excluding hydrogens is 474 g/mol. The number of rotatable bonds is 7. The molecule has 0 saturated carbocycles. The molecule has 0 aliphatic carbocycles. The molecule has 0 heterocycles. The Labute approximate surface area is 194 Å². The van der Waals surface area contributed by atoms with Crippen molar-refractivity contribution in [3.63, 3.8) is 0 Å². The third-order valence-corrected chi connectivity index (χ3v) is 5.27. The van der Waals surface area contributed by atoms with Gasteiger partial charge in [0.05, 0.1) is 24.9 Å². The molecule has 0 aromatic heterocycles. The summed E-state index contributed by atoms with van der Waals surface area (Å²) >= 11 is 3.41. The fraction of sp³-hybridized carbons (Fsp3) is 0.125. The van der Waals surface area contributed by atoms with Crippen LogP contribution in [-0.2, 0) is 0 Å². The van der Waals surface area contributed by atoms with Gasteiger partial charge in [0.2, 0.25) is 0 Å². The molecule has 32 heavy (non-hydrogen) atoms. The van der Waals surface area contributed by atoms with Crippen molar-refractivity contribution in [2.75, 3.05) is 19.5 Å². The molecule has 0 aliphatic heterocycles. The zero-order valence-corrected chi connectivity index (χ0v) is 19.4. The molecule has 0 atom stereocenters. The van der Waals surface area contributed by atoms with E-state index in [1.54, 1.807) is 55.6 Å². The molecule has 2 amide bonds. The lowest BCUT2D eigenvalue weighted by molar-refractivity contribution is 0.0953. The van der Waals surface area contributed by atoms with Crippen LogP contribution in [0.5, 0.6) is 11.5 Å². The van der Waals surface area contributed by atoms with Crippen molar-refractivity contribution in [2.24, 2.45) is 5.10 Å². The van der Waals surface area contributed by atoms with E-state index in [1.807, 2.05) is 19.1 Å². The topological polar surface area (TPSA) is 89.0 Å². The summed E-state index contributed by atoms with van der Waals surface area (Å²) in [6, 6.07) is 17.4. The number of halogens is 1. The quantitative estimate of drug-likeness (QED) is 0.364. The molecule has 8 heteroatoms. The first-order valence-corrected chi connectivity index (χ1v) is 10.4. The summed E-state index contributed by atoms with van der Waals surface area (Å²) in [6.07, 6.45) is 1.48. The van der Waals surface area contributed by atoms with Gasteiger partial charge in [-0.2, -0.15) is 5.10 Å². The van der Waals surface area contributed by atoms with Gasteiger partial charge in [-0.05, 0) is 58.7 Å². The fourth-order valence-corrected chi connectivity index (χ4v) is 3.50. The van der Waals surface area contributed by atoms with Gasteiger partial charge < -0.3 is 14.8 Å². The number of aryl methyl sites for hydroxylation is 1. The van der Waals surface area contributed by atoms with Gasteiger partial charge in [-0.15, -0.1) is 0 Å². The third kappa shape index (κ3) is 5.53. The number of nitrogens with one attached hydrogen (secondary N) is 2. The predicted octanol–water partition coefficient (Wildman–Crippen LogP) is 4.79. The molecule has 0 radical (unpaired) electrons. The lowest BCUT2D eigenvalue weighted by Gasteiger charge is -2.10. The Morgan fingerprint density at radius 1 is 0.938 bits per heavy atom. The van der Waals surface area contributed by atoms with E-state index < -0.39 is 5.91 Å². The smallest absolute Gasteiger partial charge is 0.271 e. The first-order valence-electron chi connectivity index (χ1n) is 9.65. The maximum atomic E-state index is 12.5. The Hall–Kier alpha value is -3.65. The third-order valence-electron chi connectivity index (χ3n) is 4.65. The van der Waals surface area contributed by atoms with Crippen molar-refractivity contribution in [1.29, 1.82) is 0 Å². The number of carbonyl (C=O) groups is 2. The van der Waals surface area contributed by atoms with Crippen molar-refractivity contribution < 1.29 is 19.1 Å². The Kier molecular flexibility index (Phi) is 7.62. The van der Waals surface area contributed by atoms with Gasteiger partial charge in [0.1, 0.15) is 11.5 Å². The fourth-order valence-electron chi connectivity index (χ4n) is 2.97. The van der Waals surface area contributed by atoms with Crippen LogP contribution in [0.15, 0.2) is 70.2 Å². The highest BCUT2D eigenvalue weighted by molar-refractivity contribution is 9.10. The molecule has 0 spiro atoms. The molecule has 2 N–H and O–H groups in total. The second-order valence-electron chi connectivity index (χ2n) is 6.78. The largest absolute Gasteiger partial charge is 0.496 e. The summed E-state index contributed by atoms with van der Waals surface area (Å²) in [5, 5.41) is 6.84. The highest BCUT2D eigenvalue weighted by Crippen LogP contribution is 2.31. The van der Waals surface area contributed by atoms with Gasteiger partial charge in [-0.25, -0.2) is 5.43 Å². The minimum Gasteiger partial charge on any atom is -0.496 e. The Morgan fingerprint density at radius 3 is 2.41 bits per heavy atom. The molecular formula is C24H22BrN3O4. The standard InChI is InChI=1S/C24H22BrN3O4/c1-15-7-4-5-10-19(15)24(30)27-18-9-6-8-16(11-18)23(29)28-26-14-17-12-20(25)22(32-3)13-21(17)31-2/h4-14H,1-3H3,(H,27,30)(H,28,29)/b26-14+. The molecule has 164 valence electrons. The van der Waals surface area contributed by atoms with Crippen molar-refractivity contribution in [1.82, 2.24) is 5.43 Å². The summed E-state index contributed by atoms with van der Waals surface area (Å²) in [4.78, 5) is 25.0. The van der Waals surface area contributed by atoms with Crippen LogP contribution in [0.2, 0.25) is 0 Å². The van der Waals surface area contributed by atoms with Crippen LogP contribution < -0.4 is 20.2 Å². The van der Waals surface area contributed by atoms with Crippen molar-refractivity contribution >= 4 is 39.6 Å². The van der Waals surface area contributed by atoms with E-state index in [0.717, 1.165) is 10.0 Å². The van der Waals surface area contributed by atoms with E-state index in [1.165, 1.54) is 13.3 Å². The van der Waals surface area contributed by atoms with Crippen molar-refractivity contribution in [3.05, 3.63) is 87.4 Å². The van der Waals surface area contributed by atoms with Crippen LogP contribution in [0, 0.1) is 6.92 Å². The monoisotopic (exact) mass is 495 g/mol. The van der Waals surface area contributed by atoms with Gasteiger partial charge in [0.25, 0.3) is 11.8 Å². The molecule has 3 aromatic carbocycles. The molecule has 0 aliphatic rings. The van der Waals surface area contributed by atoms with E-state index in [-0.39, 0.29) is 5.91 Å². The molecule has 3 rings (SSSR count). The van der Waals surface area contributed by atoms with Gasteiger partial charge in [-0.3, -0.25) is 9.59 Å². The van der Waals surface area contributed by atoms with Crippen molar-refractivity contribution in [3.8, 4) is 11.5 Å². The van der Waals surface area contributed by atoms with Crippen LogP contribution in [0.4, 0.5) is 5.69 Å². The summed E-state index contributed by atoms with van der Waals surface area (Å²) in [6.45, 7) is 1.87. The van der Waals surface area contributed by atoms with Gasteiger partial charge in [-0.1, -0.05) is 24.3 Å². The van der Waals surface area contributed by atoms with Gasteiger partial charge in [0.15, 0.2) is 0 Å². The van der Waals surface area contributed by atoms with Crippen LogP contribution in [-0.4, -0.2) is 32.2 Å². The average Bonchev–Trinajstić information content (AvgIpc) is 2.79. The van der Waals surface area contributed by atoms with Crippen LogP contribution in [0.25, 0.3) is 0 Å². The maximum Gasteiger partial charge on any atom is 0.271 e. The van der Waals surface area contributed by atoms with Crippen LogP contribution in [0.3, 0.4) is 0 Å². The Bertz CT molecular complexity index is 1180. The van der Waals surface area contributed by atoms with Gasteiger partial charge >= 0.3 is 0 Å². The summed E-state index contributed by atoms with van der Waals surface area (Å²) < 4.78 is 11.3. The highest BCUT2D eigenvalue weighted by Gasteiger charge is 2.11. The number of hydrogen-bond donors (Lipinski definition) is 2. The number of hydrogen-bond acceptors (Lipinski definition) is 5. The van der Waals surface area contributed by atoms with E-state index in [0.29, 0.717) is 33.9 Å². The zero-order valence-electron chi connectivity index (χ0n) is 17.8. The Morgan fingerprint density at radius 2 is 1.69 bits per heavy atom. The van der Waals surface area contributed by atoms with E-state index in [9.17, 15) is 9.59 Å².